The number of hydrogen-bond acceptors (Lipinski definition) is 6. The molecule has 6 nitrogen and oxygen atoms in total. The van der Waals surface area contributed by atoms with Crippen molar-refractivity contribution in [1.29, 1.82) is 0 Å². The number of phenols is 1. The predicted molar refractivity (Wildman–Crippen MR) is 87.7 cm³/mol. The van der Waals surface area contributed by atoms with Crippen molar-refractivity contribution < 1.29 is 28.9 Å². The Bertz CT molecular complexity index is 712. The van der Waals surface area contributed by atoms with Crippen molar-refractivity contribution in [3.8, 4) is 17.2 Å². The van der Waals surface area contributed by atoms with E-state index in [4.69, 9.17) is 25.8 Å². The SMILES string of the molecule is COC1=CC(=O)C[C@@H](C)[C@]1(C=O)Oc1c(C)c(O)cc(OC)c1Cl. The number of rotatable bonds is 5. The topological polar surface area (TPSA) is 82.1 Å². The monoisotopic (exact) mass is 354 g/mol. The van der Waals surface area contributed by atoms with Gasteiger partial charge in [0.2, 0.25) is 5.60 Å². The highest BCUT2D eigenvalue weighted by Gasteiger charge is 2.48. The molecule has 0 spiro atoms. The summed E-state index contributed by atoms with van der Waals surface area (Å²) in [5.41, 5.74) is -1.17. The number of aldehydes is 1. The maximum atomic E-state index is 11.9. The summed E-state index contributed by atoms with van der Waals surface area (Å²) in [4.78, 5) is 23.7. The number of ketones is 1. The first kappa shape index (κ1) is 18.1. The molecule has 0 heterocycles. The summed E-state index contributed by atoms with van der Waals surface area (Å²) in [5, 5.41) is 10.2. The largest absolute Gasteiger partial charge is 0.507 e. The van der Waals surface area contributed by atoms with Crippen molar-refractivity contribution in [2.45, 2.75) is 25.9 Å². The second-order valence-electron chi connectivity index (χ2n) is 5.66. The molecular weight excluding hydrogens is 336 g/mol. The van der Waals surface area contributed by atoms with E-state index in [-0.39, 0.29) is 40.2 Å². The number of ether oxygens (including phenoxy) is 3. The van der Waals surface area contributed by atoms with Crippen molar-refractivity contribution in [2.75, 3.05) is 14.2 Å². The predicted octanol–water partition coefficient (Wildman–Crippen LogP) is 2.82. The Hall–Kier alpha value is -2.21. The minimum Gasteiger partial charge on any atom is -0.507 e. The molecule has 1 aromatic rings. The molecule has 7 heteroatoms. The average molecular weight is 355 g/mol. The smallest absolute Gasteiger partial charge is 0.223 e. The lowest BCUT2D eigenvalue weighted by Gasteiger charge is -2.38. The van der Waals surface area contributed by atoms with Crippen LogP contribution in [-0.2, 0) is 14.3 Å². The highest BCUT2D eigenvalue weighted by molar-refractivity contribution is 6.33. The fraction of sp³-hybridized carbons (Fsp3) is 0.412. The van der Waals surface area contributed by atoms with Gasteiger partial charge < -0.3 is 19.3 Å². The van der Waals surface area contributed by atoms with Crippen LogP contribution in [0.3, 0.4) is 0 Å². The zero-order valence-electron chi connectivity index (χ0n) is 13.9. The molecule has 24 heavy (non-hydrogen) atoms. The van der Waals surface area contributed by atoms with E-state index < -0.39 is 11.5 Å². The van der Waals surface area contributed by atoms with Gasteiger partial charge in [0.1, 0.15) is 16.5 Å². The summed E-state index contributed by atoms with van der Waals surface area (Å²) in [6.07, 6.45) is 1.96. The molecule has 1 aliphatic rings. The van der Waals surface area contributed by atoms with E-state index in [1.807, 2.05) is 0 Å². The molecule has 1 N–H and O–H groups in total. The molecule has 0 bridgehead atoms. The van der Waals surface area contributed by atoms with E-state index in [0.29, 0.717) is 11.8 Å². The summed E-state index contributed by atoms with van der Waals surface area (Å²) in [6.45, 7) is 3.31. The maximum absolute atomic E-state index is 11.9. The van der Waals surface area contributed by atoms with Crippen LogP contribution in [0.4, 0.5) is 0 Å². The van der Waals surface area contributed by atoms with E-state index in [9.17, 15) is 14.7 Å². The molecule has 0 unspecified atom stereocenters. The highest BCUT2D eigenvalue weighted by Crippen LogP contribution is 2.46. The summed E-state index contributed by atoms with van der Waals surface area (Å²) >= 11 is 6.29. The van der Waals surface area contributed by atoms with Crippen molar-refractivity contribution in [3.63, 3.8) is 0 Å². The van der Waals surface area contributed by atoms with Crippen molar-refractivity contribution >= 4 is 23.7 Å². The van der Waals surface area contributed by atoms with Crippen molar-refractivity contribution in [1.82, 2.24) is 0 Å². The van der Waals surface area contributed by atoms with Gasteiger partial charge >= 0.3 is 0 Å². The summed E-state index contributed by atoms with van der Waals surface area (Å²) in [6, 6.07) is 1.36. The van der Waals surface area contributed by atoms with E-state index in [1.165, 1.54) is 26.4 Å². The number of carbonyl (C=O) groups is 2. The Kier molecular flexibility index (Phi) is 5.08. The van der Waals surface area contributed by atoms with Crippen LogP contribution in [0.2, 0.25) is 5.02 Å². The molecule has 1 aliphatic carbocycles. The lowest BCUT2D eigenvalue weighted by molar-refractivity contribution is -0.130. The fourth-order valence-corrected chi connectivity index (χ4v) is 3.02. The maximum Gasteiger partial charge on any atom is 0.223 e. The minimum atomic E-state index is -1.52. The fourth-order valence-electron chi connectivity index (χ4n) is 2.71. The quantitative estimate of drug-likeness (QED) is 0.819. The van der Waals surface area contributed by atoms with Gasteiger partial charge in [-0.2, -0.15) is 0 Å². The first-order chi connectivity index (χ1) is 11.3. The number of phenolic OH excluding ortho intramolecular Hbond substituents is 1. The first-order valence-electron chi connectivity index (χ1n) is 7.31. The number of methoxy groups -OCH3 is 2. The van der Waals surface area contributed by atoms with Gasteiger partial charge in [0.05, 0.1) is 14.2 Å². The molecule has 2 rings (SSSR count). The van der Waals surface area contributed by atoms with Crippen molar-refractivity contribution in [2.24, 2.45) is 5.92 Å². The van der Waals surface area contributed by atoms with Gasteiger partial charge in [-0.3, -0.25) is 9.59 Å². The van der Waals surface area contributed by atoms with E-state index in [1.54, 1.807) is 13.8 Å². The number of aromatic hydroxyl groups is 1. The number of hydrogen-bond donors (Lipinski definition) is 1. The van der Waals surface area contributed by atoms with Crippen LogP contribution in [0.15, 0.2) is 17.9 Å². The third-order valence-corrected chi connectivity index (χ3v) is 4.57. The van der Waals surface area contributed by atoms with Gasteiger partial charge in [0.25, 0.3) is 0 Å². The highest BCUT2D eigenvalue weighted by atomic mass is 35.5. The molecule has 0 aliphatic heterocycles. The van der Waals surface area contributed by atoms with Gasteiger partial charge in [0, 0.05) is 30.0 Å². The molecule has 1 aromatic carbocycles. The third kappa shape index (κ3) is 2.82. The van der Waals surface area contributed by atoms with Gasteiger partial charge in [-0.15, -0.1) is 0 Å². The van der Waals surface area contributed by atoms with Crippen LogP contribution in [-0.4, -0.2) is 37.0 Å². The summed E-state index contributed by atoms with van der Waals surface area (Å²) in [5.74, 6) is -0.320. The molecule has 0 radical (unpaired) electrons. The normalized spacial score (nSPS) is 23.5. The van der Waals surface area contributed by atoms with Crippen LogP contribution in [0.1, 0.15) is 18.9 Å². The Labute approximate surface area is 145 Å². The number of halogens is 1. The Morgan fingerprint density at radius 1 is 1.38 bits per heavy atom. The van der Waals surface area contributed by atoms with Crippen molar-refractivity contribution in [3.05, 3.63) is 28.5 Å². The molecule has 0 amide bonds. The number of carbonyl (C=O) groups excluding carboxylic acids is 2. The molecule has 130 valence electrons. The minimum absolute atomic E-state index is 0.0882. The zero-order chi connectivity index (χ0) is 18.1. The zero-order valence-corrected chi connectivity index (χ0v) is 14.6. The molecule has 0 saturated heterocycles. The number of benzene rings is 1. The van der Waals surface area contributed by atoms with Crippen LogP contribution >= 0.6 is 11.6 Å². The Morgan fingerprint density at radius 2 is 2.04 bits per heavy atom. The van der Waals surface area contributed by atoms with Crippen LogP contribution in [0.5, 0.6) is 17.2 Å². The molecule has 0 saturated carbocycles. The Morgan fingerprint density at radius 3 is 2.58 bits per heavy atom. The van der Waals surface area contributed by atoms with Gasteiger partial charge in [-0.25, -0.2) is 0 Å². The standard InChI is InChI=1S/C17H19ClO6/c1-9-5-11(20)6-14(23-4)17(9,8-19)24-16-10(2)12(21)7-13(22-3)15(16)18/h6-9,21H,5H2,1-4H3/t9-,17+/m1/s1. The third-order valence-electron chi connectivity index (χ3n) is 4.21. The molecule has 2 atom stereocenters. The Balaban J connectivity index is 2.63. The van der Waals surface area contributed by atoms with Gasteiger partial charge in [0.15, 0.2) is 23.6 Å². The second-order valence-corrected chi connectivity index (χ2v) is 6.04. The summed E-state index contributed by atoms with van der Waals surface area (Å²) in [7, 11) is 2.76. The van der Waals surface area contributed by atoms with Crippen LogP contribution < -0.4 is 9.47 Å². The lowest BCUT2D eigenvalue weighted by atomic mass is 9.79. The van der Waals surface area contributed by atoms with Gasteiger partial charge in [-0.1, -0.05) is 18.5 Å². The van der Waals surface area contributed by atoms with E-state index >= 15 is 0 Å². The number of allylic oxidation sites excluding steroid dienone is 1. The average Bonchev–Trinajstić information content (AvgIpc) is 2.56. The molecular formula is C17H19ClO6. The molecule has 0 fully saturated rings. The molecule has 0 aromatic heterocycles. The lowest BCUT2D eigenvalue weighted by Crippen LogP contribution is -2.50. The van der Waals surface area contributed by atoms with Crippen LogP contribution in [0, 0.1) is 12.8 Å². The van der Waals surface area contributed by atoms with Gasteiger partial charge in [-0.05, 0) is 6.92 Å². The first-order valence-corrected chi connectivity index (χ1v) is 7.68. The summed E-state index contributed by atoms with van der Waals surface area (Å²) < 4.78 is 16.3. The van der Waals surface area contributed by atoms with E-state index in [0.717, 1.165) is 0 Å². The van der Waals surface area contributed by atoms with E-state index in [2.05, 4.69) is 0 Å². The van der Waals surface area contributed by atoms with Crippen LogP contribution in [0.25, 0.3) is 0 Å². The second kappa shape index (κ2) is 6.73.